The molecule has 1 aromatic carbocycles. The minimum absolute atomic E-state index is 0.134. The molecule has 0 bridgehead atoms. The number of benzene rings is 1. The van der Waals surface area contributed by atoms with Gasteiger partial charge in [0.15, 0.2) is 0 Å². The van der Waals surface area contributed by atoms with Gasteiger partial charge < -0.3 is 19.7 Å². The molecule has 0 aliphatic carbocycles. The Morgan fingerprint density at radius 3 is 2.62 bits per heavy atom. The van der Waals surface area contributed by atoms with Crippen LogP contribution in [0.2, 0.25) is 0 Å². The zero-order chi connectivity index (χ0) is 17.7. The minimum atomic E-state index is -0.936. The van der Waals surface area contributed by atoms with Crippen molar-refractivity contribution in [2.24, 2.45) is 5.92 Å². The fraction of sp³-hybridized carbons (Fsp3) is 0.353. The Balaban J connectivity index is 1.89. The summed E-state index contributed by atoms with van der Waals surface area (Å²) >= 11 is 0. The summed E-state index contributed by atoms with van der Waals surface area (Å²) in [5, 5.41) is 11.6. The van der Waals surface area contributed by atoms with Crippen LogP contribution in [0.5, 0.6) is 0 Å². The highest BCUT2D eigenvalue weighted by Gasteiger charge is 2.17. The SMILES string of the molecule is Cc1ccc(-c2nc(CNC(=O)N(C)CC(C)C(=O)O)co2)cc1. The lowest BCUT2D eigenvalue weighted by molar-refractivity contribution is -0.141. The molecular formula is C17H21N3O4. The van der Waals surface area contributed by atoms with E-state index in [4.69, 9.17) is 9.52 Å². The summed E-state index contributed by atoms with van der Waals surface area (Å²) in [6, 6.07) is 7.43. The Bertz CT molecular complexity index is 709. The lowest BCUT2D eigenvalue weighted by Gasteiger charge is -2.19. The summed E-state index contributed by atoms with van der Waals surface area (Å²) in [7, 11) is 1.55. The second-order valence-electron chi connectivity index (χ2n) is 5.79. The summed E-state index contributed by atoms with van der Waals surface area (Å²) in [6.07, 6.45) is 1.50. The number of aryl methyl sites for hydroxylation is 1. The number of hydrogen-bond donors (Lipinski definition) is 2. The van der Waals surface area contributed by atoms with Crippen molar-refractivity contribution in [1.82, 2.24) is 15.2 Å². The number of aliphatic carboxylic acids is 1. The van der Waals surface area contributed by atoms with Crippen LogP contribution in [0.1, 0.15) is 18.2 Å². The van der Waals surface area contributed by atoms with E-state index in [0.29, 0.717) is 11.6 Å². The Morgan fingerprint density at radius 1 is 1.33 bits per heavy atom. The summed E-state index contributed by atoms with van der Waals surface area (Å²) in [6.45, 7) is 3.90. The quantitative estimate of drug-likeness (QED) is 0.848. The van der Waals surface area contributed by atoms with Crippen LogP contribution >= 0.6 is 0 Å². The lowest BCUT2D eigenvalue weighted by Crippen LogP contribution is -2.40. The number of urea groups is 1. The van der Waals surface area contributed by atoms with Gasteiger partial charge in [-0.3, -0.25) is 4.79 Å². The first kappa shape index (κ1) is 17.5. The predicted octanol–water partition coefficient (Wildman–Crippen LogP) is 2.51. The second-order valence-corrected chi connectivity index (χ2v) is 5.79. The Labute approximate surface area is 140 Å². The normalized spacial score (nSPS) is 11.8. The van der Waals surface area contributed by atoms with Crippen LogP contribution < -0.4 is 5.32 Å². The van der Waals surface area contributed by atoms with Gasteiger partial charge in [0.25, 0.3) is 0 Å². The van der Waals surface area contributed by atoms with E-state index < -0.39 is 11.9 Å². The third-order valence-corrected chi connectivity index (χ3v) is 3.59. The number of oxazole rings is 1. The van der Waals surface area contributed by atoms with E-state index in [1.54, 1.807) is 14.0 Å². The first-order chi connectivity index (χ1) is 11.4. The fourth-order valence-electron chi connectivity index (χ4n) is 2.09. The molecule has 1 atom stereocenters. The minimum Gasteiger partial charge on any atom is -0.481 e. The highest BCUT2D eigenvalue weighted by Crippen LogP contribution is 2.19. The zero-order valence-corrected chi connectivity index (χ0v) is 13.9. The van der Waals surface area contributed by atoms with Gasteiger partial charge in [-0.1, -0.05) is 24.6 Å². The average molecular weight is 331 g/mol. The number of rotatable bonds is 6. The fourth-order valence-corrected chi connectivity index (χ4v) is 2.09. The van der Waals surface area contributed by atoms with Crippen molar-refractivity contribution in [2.45, 2.75) is 20.4 Å². The molecule has 7 heteroatoms. The molecule has 2 rings (SSSR count). The molecule has 1 heterocycles. The van der Waals surface area contributed by atoms with E-state index >= 15 is 0 Å². The topological polar surface area (TPSA) is 95.7 Å². The highest BCUT2D eigenvalue weighted by molar-refractivity contribution is 5.75. The van der Waals surface area contributed by atoms with Crippen LogP contribution in [0, 0.1) is 12.8 Å². The smallest absolute Gasteiger partial charge is 0.317 e. The van der Waals surface area contributed by atoms with E-state index in [9.17, 15) is 9.59 Å². The molecule has 2 aromatic rings. The van der Waals surface area contributed by atoms with Gasteiger partial charge in [0, 0.05) is 19.2 Å². The molecule has 2 N–H and O–H groups in total. The van der Waals surface area contributed by atoms with E-state index in [1.165, 1.54) is 11.2 Å². The van der Waals surface area contributed by atoms with Crippen molar-refractivity contribution in [2.75, 3.05) is 13.6 Å². The number of hydrogen-bond acceptors (Lipinski definition) is 4. The number of carbonyl (C=O) groups is 2. The molecule has 1 aromatic heterocycles. The van der Waals surface area contributed by atoms with Crippen molar-refractivity contribution < 1.29 is 19.1 Å². The summed E-state index contributed by atoms with van der Waals surface area (Å²) in [5.74, 6) is -1.07. The summed E-state index contributed by atoms with van der Waals surface area (Å²) < 4.78 is 5.43. The first-order valence-electron chi connectivity index (χ1n) is 7.60. The zero-order valence-electron chi connectivity index (χ0n) is 13.9. The number of carbonyl (C=O) groups excluding carboxylic acids is 1. The number of carboxylic acids is 1. The second kappa shape index (κ2) is 7.63. The van der Waals surface area contributed by atoms with Gasteiger partial charge in [0.1, 0.15) is 6.26 Å². The van der Waals surface area contributed by atoms with Crippen molar-refractivity contribution in [3.63, 3.8) is 0 Å². The maximum atomic E-state index is 12.0. The monoisotopic (exact) mass is 331 g/mol. The molecule has 0 fully saturated rings. The third-order valence-electron chi connectivity index (χ3n) is 3.59. The van der Waals surface area contributed by atoms with E-state index in [0.717, 1.165) is 11.1 Å². The number of carboxylic acid groups (broad SMARTS) is 1. The molecule has 7 nitrogen and oxygen atoms in total. The molecule has 128 valence electrons. The van der Waals surface area contributed by atoms with Crippen LogP contribution in [0.3, 0.4) is 0 Å². The average Bonchev–Trinajstić information content (AvgIpc) is 3.02. The number of amides is 2. The van der Waals surface area contributed by atoms with Gasteiger partial charge in [-0.25, -0.2) is 9.78 Å². The molecule has 1 unspecified atom stereocenters. The van der Waals surface area contributed by atoms with Gasteiger partial charge in [-0.2, -0.15) is 0 Å². The highest BCUT2D eigenvalue weighted by atomic mass is 16.4. The molecule has 0 radical (unpaired) electrons. The van der Waals surface area contributed by atoms with Crippen molar-refractivity contribution in [3.8, 4) is 11.5 Å². The Kier molecular flexibility index (Phi) is 5.57. The molecule has 2 amide bonds. The standard InChI is InChI=1S/C17H21N3O4/c1-11-4-6-13(7-5-11)15-19-14(10-24-15)8-18-17(23)20(3)9-12(2)16(21)22/h4-7,10,12H,8-9H2,1-3H3,(H,18,23)(H,21,22). The maximum Gasteiger partial charge on any atom is 0.317 e. The predicted molar refractivity (Wildman–Crippen MR) is 88.3 cm³/mol. The van der Waals surface area contributed by atoms with Crippen molar-refractivity contribution >= 4 is 12.0 Å². The van der Waals surface area contributed by atoms with Crippen LogP contribution in [0.15, 0.2) is 34.9 Å². The Morgan fingerprint density at radius 2 is 2.00 bits per heavy atom. The van der Waals surface area contributed by atoms with Gasteiger partial charge in [0.2, 0.25) is 5.89 Å². The van der Waals surface area contributed by atoms with E-state index in [-0.39, 0.29) is 19.1 Å². The van der Waals surface area contributed by atoms with E-state index in [1.807, 2.05) is 31.2 Å². The van der Waals surface area contributed by atoms with Crippen LogP contribution in [-0.4, -0.2) is 40.6 Å². The largest absolute Gasteiger partial charge is 0.481 e. The molecule has 0 aliphatic rings. The summed E-state index contributed by atoms with van der Waals surface area (Å²) in [5.41, 5.74) is 2.61. The van der Waals surface area contributed by atoms with Crippen molar-refractivity contribution in [1.29, 1.82) is 0 Å². The van der Waals surface area contributed by atoms with Crippen LogP contribution in [0.4, 0.5) is 4.79 Å². The number of nitrogens with zero attached hydrogens (tertiary/aromatic N) is 2. The molecule has 0 aliphatic heterocycles. The van der Waals surface area contributed by atoms with Crippen LogP contribution in [0.25, 0.3) is 11.5 Å². The van der Waals surface area contributed by atoms with Crippen LogP contribution in [-0.2, 0) is 11.3 Å². The van der Waals surface area contributed by atoms with Gasteiger partial charge in [0.05, 0.1) is 18.2 Å². The van der Waals surface area contributed by atoms with Crippen molar-refractivity contribution in [3.05, 3.63) is 41.8 Å². The van der Waals surface area contributed by atoms with Gasteiger partial charge in [-0.15, -0.1) is 0 Å². The van der Waals surface area contributed by atoms with Gasteiger partial charge >= 0.3 is 12.0 Å². The first-order valence-corrected chi connectivity index (χ1v) is 7.60. The molecule has 24 heavy (non-hydrogen) atoms. The Hall–Kier alpha value is -2.83. The summed E-state index contributed by atoms with van der Waals surface area (Å²) in [4.78, 5) is 28.4. The molecular weight excluding hydrogens is 310 g/mol. The molecule has 0 saturated carbocycles. The number of nitrogens with one attached hydrogen (secondary N) is 1. The molecule has 0 spiro atoms. The third kappa shape index (κ3) is 4.58. The molecule has 0 saturated heterocycles. The number of aromatic nitrogens is 1. The lowest BCUT2D eigenvalue weighted by atomic mass is 10.1. The van der Waals surface area contributed by atoms with E-state index in [2.05, 4.69) is 10.3 Å². The maximum absolute atomic E-state index is 12.0. The van der Waals surface area contributed by atoms with Gasteiger partial charge in [-0.05, 0) is 19.1 Å².